The van der Waals surface area contributed by atoms with E-state index in [4.69, 9.17) is 19.9 Å². The molecule has 1 aromatic rings. The number of carbonyl (C=O) groups excluding carboxylic acids is 1. The van der Waals surface area contributed by atoms with Gasteiger partial charge >= 0.3 is 5.97 Å². The van der Waals surface area contributed by atoms with Crippen molar-refractivity contribution in [2.75, 3.05) is 21.3 Å². The van der Waals surface area contributed by atoms with Gasteiger partial charge in [-0.05, 0) is 25.1 Å². The van der Waals surface area contributed by atoms with E-state index in [1.165, 1.54) is 7.11 Å². The van der Waals surface area contributed by atoms with Crippen LogP contribution < -0.4 is 15.2 Å². The Morgan fingerprint density at radius 3 is 2.40 bits per heavy atom. The van der Waals surface area contributed by atoms with E-state index >= 15 is 0 Å². The third-order valence-corrected chi connectivity index (χ3v) is 3.77. The first-order valence-corrected chi connectivity index (χ1v) is 6.44. The monoisotopic (exact) mass is 281 g/mol. The molecular weight excluding hydrogens is 258 g/mol. The Bertz CT molecular complexity index is 473. The summed E-state index contributed by atoms with van der Waals surface area (Å²) in [5, 5.41) is 0. The largest absolute Gasteiger partial charge is 0.497 e. The first-order chi connectivity index (χ1) is 9.38. The SMILES string of the molecule is COC(=O)CC(C)(c1cc(OC)ccc1OC)C(C)N. The van der Waals surface area contributed by atoms with Crippen molar-refractivity contribution in [2.45, 2.75) is 31.7 Å². The van der Waals surface area contributed by atoms with Crippen molar-refractivity contribution in [3.05, 3.63) is 23.8 Å². The maximum absolute atomic E-state index is 11.7. The molecule has 0 radical (unpaired) electrons. The second kappa shape index (κ2) is 6.61. The van der Waals surface area contributed by atoms with Gasteiger partial charge in [-0.3, -0.25) is 4.79 Å². The smallest absolute Gasteiger partial charge is 0.306 e. The van der Waals surface area contributed by atoms with Crippen LogP contribution in [0.4, 0.5) is 0 Å². The van der Waals surface area contributed by atoms with E-state index in [2.05, 4.69) is 0 Å². The Morgan fingerprint density at radius 1 is 1.30 bits per heavy atom. The van der Waals surface area contributed by atoms with Gasteiger partial charge in [-0.15, -0.1) is 0 Å². The number of benzene rings is 1. The molecule has 5 nitrogen and oxygen atoms in total. The Kier molecular flexibility index (Phi) is 5.39. The summed E-state index contributed by atoms with van der Waals surface area (Å²) in [4.78, 5) is 11.7. The molecule has 1 aromatic carbocycles. The zero-order valence-electron chi connectivity index (χ0n) is 12.7. The molecule has 0 bridgehead atoms. The molecule has 2 atom stereocenters. The molecule has 112 valence electrons. The van der Waals surface area contributed by atoms with Gasteiger partial charge in [0.05, 0.1) is 27.8 Å². The van der Waals surface area contributed by atoms with Gasteiger partial charge in [0, 0.05) is 17.0 Å². The summed E-state index contributed by atoms with van der Waals surface area (Å²) >= 11 is 0. The van der Waals surface area contributed by atoms with Crippen LogP contribution in [0.25, 0.3) is 0 Å². The van der Waals surface area contributed by atoms with Crippen LogP contribution in [0.15, 0.2) is 18.2 Å². The van der Waals surface area contributed by atoms with Crippen LogP contribution in [-0.4, -0.2) is 33.3 Å². The summed E-state index contributed by atoms with van der Waals surface area (Å²) in [5.74, 6) is 1.06. The van der Waals surface area contributed by atoms with E-state index in [1.807, 2.05) is 32.0 Å². The lowest BCUT2D eigenvalue weighted by Gasteiger charge is -2.34. The van der Waals surface area contributed by atoms with Crippen LogP contribution in [0.5, 0.6) is 11.5 Å². The third kappa shape index (κ3) is 3.22. The van der Waals surface area contributed by atoms with E-state index in [0.717, 1.165) is 5.56 Å². The molecule has 0 aliphatic rings. The average Bonchev–Trinajstić information content (AvgIpc) is 2.45. The minimum absolute atomic E-state index is 0.171. The Balaban J connectivity index is 3.36. The lowest BCUT2D eigenvalue weighted by atomic mass is 9.73. The normalized spacial score (nSPS) is 15.1. The zero-order valence-corrected chi connectivity index (χ0v) is 12.7. The molecule has 2 unspecified atom stereocenters. The molecule has 0 aliphatic heterocycles. The predicted molar refractivity (Wildman–Crippen MR) is 77.2 cm³/mol. The molecule has 2 N–H and O–H groups in total. The molecule has 0 spiro atoms. The average molecular weight is 281 g/mol. The predicted octanol–water partition coefficient (Wildman–Crippen LogP) is 1.87. The van der Waals surface area contributed by atoms with Gasteiger partial charge in [0.2, 0.25) is 0 Å². The molecule has 20 heavy (non-hydrogen) atoms. The van der Waals surface area contributed by atoms with Crippen molar-refractivity contribution in [2.24, 2.45) is 5.73 Å². The second-order valence-electron chi connectivity index (χ2n) is 5.03. The Labute approximate surface area is 120 Å². The molecule has 0 aromatic heterocycles. The fourth-order valence-corrected chi connectivity index (χ4v) is 2.13. The fourth-order valence-electron chi connectivity index (χ4n) is 2.13. The van der Waals surface area contributed by atoms with Gasteiger partial charge in [0.1, 0.15) is 11.5 Å². The van der Waals surface area contributed by atoms with E-state index in [1.54, 1.807) is 14.2 Å². The van der Waals surface area contributed by atoms with Crippen LogP contribution in [-0.2, 0) is 14.9 Å². The molecule has 0 heterocycles. The highest BCUT2D eigenvalue weighted by atomic mass is 16.5. The number of hydrogen-bond acceptors (Lipinski definition) is 5. The Hall–Kier alpha value is -1.75. The summed E-state index contributed by atoms with van der Waals surface area (Å²) in [6.45, 7) is 3.79. The van der Waals surface area contributed by atoms with Gasteiger partial charge in [-0.25, -0.2) is 0 Å². The molecule has 5 heteroatoms. The number of nitrogens with two attached hydrogens (primary N) is 1. The number of esters is 1. The minimum atomic E-state index is -0.604. The van der Waals surface area contributed by atoms with Crippen LogP contribution in [0, 0.1) is 0 Å². The summed E-state index contributed by atoms with van der Waals surface area (Å²) < 4.78 is 15.4. The van der Waals surface area contributed by atoms with E-state index in [-0.39, 0.29) is 18.4 Å². The number of methoxy groups -OCH3 is 3. The standard InChI is InChI=1S/C15H23NO4/c1-10(16)15(2,9-14(17)20-5)12-8-11(18-3)6-7-13(12)19-4/h6-8,10H,9,16H2,1-5H3. The molecule has 0 aliphatic carbocycles. The van der Waals surface area contributed by atoms with Crippen molar-refractivity contribution in [1.82, 2.24) is 0 Å². The van der Waals surface area contributed by atoms with Crippen LogP contribution in [0.3, 0.4) is 0 Å². The number of carbonyl (C=O) groups is 1. The van der Waals surface area contributed by atoms with Crippen molar-refractivity contribution in [3.8, 4) is 11.5 Å². The number of hydrogen-bond donors (Lipinski definition) is 1. The Morgan fingerprint density at radius 2 is 1.95 bits per heavy atom. The fraction of sp³-hybridized carbons (Fsp3) is 0.533. The number of rotatable bonds is 6. The molecule has 1 rings (SSSR count). The number of ether oxygens (including phenoxy) is 3. The summed E-state index contributed by atoms with van der Waals surface area (Å²) in [5.41, 5.74) is 6.35. The summed E-state index contributed by atoms with van der Waals surface area (Å²) in [6.07, 6.45) is 0.171. The van der Waals surface area contributed by atoms with Crippen molar-refractivity contribution >= 4 is 5.97 Å². The highest BCUT2D eigenvalue weighted by Crippen LogP contribution is 2.39. The van der Waals surface area contributed by atoms with Crippen LogP contribution in [0.1, 0.15) is 25.8 Å². The van der Waals surface area contributed by atoms with Crippen LogP contribution in [0.2, 0.25) is 0 Å². The lowest BCUT2D eigenvalue weighted by molar-refractivity contribution is -0.142. The van der Waals surface area contributed by atoms with E-state index < -0.39 is 5.41 Å². The topological polar surface area (TPSA) is 70.8 Å². The highest BCUT2D eigenvalue weighted by Gasteiger charge is 2.36. The van der Waals surface area contributed by atoms with Crippen molar-refractivity contribution in [1.29, 1.82) is 0 Å². The van der Waals surface area contributed by atoms with Gasteiger partial charge in [-0.2, -0.15) is 0 Å². The van der Waals surface area contributed by atoms with Gasteiger partial charge in [0.15, 0.2) is 0 Å². The summed E-state index contributed by atoms with van der Waals surface area (Å²) in [7, 11) is 4.55. The van der Waals surface area contributed by atoms with E-state index in [9.17, 15) is 4.79 Å². The van der Waals surface area contributed by atoms with Crippen LogP contribution >= 0.6 is 0 Å². The van der Waals surface area contributed by atoms with Gasteiger partial charge in [-0.1, -0.05) is 6.92 Å². The van der Waals surface area contributed by atoms with Crippen molar-refractivity contribution < 1.29 is 19.0 Å². The van der Waals surface area contributed by atoms with Crippen molar-refractivity contribution in [3.63, 3.8) is 0 Å². The maximum Gasteiger partial charge on any atom is 0.306 e. The third-order valence-electron chi connectivity index (χ3n) is 3.77. The highest BCUT2D eigenvalue weighted by molar-refractivity contribution is 5.72. The van der Waals surface area contributed by atoms with Gasteiger partial charge < -0.3 is 19.9 Å². The van der Waals surface area contributed by atoms with E-state index in [0.29, 0.717) is 11.5 Å². The summed E-state index contributed by atoms with van der Waals surface area (Å²) in [6, 6.07) is 5.21. The molecule has 0 saturated carbocycles. The first-order valence-electron chi connectivity index (χ1n) is 6.44. The molecule has 0 fully saturated rings. The quantitative estimate of drug-likeness (QED) is 0.806. The molecule has 0 amide bonds. The van der Waals surface area contributed by atoms with Gasteiger partial charge in [0.25, 0.3) is 0 Å². The second-order valence-corrected chi connectivity index (χ2v) is 5.03. The lowest BCUT2D eigenvalue weighted by Crippen LogP contribution is -2.43. The first kappa shape index (κ1) is 16.3. The molecule has 0 saturated heterocycles. The molecular formula is C15H23NO4. The zero-order chi connectivity index (χ0) is 15.3. The maximum atomic E-state index is 11.7. The minimum Gasteiger partial charge on any atom is -0.497 e.